The maximum Gasteiger partial charge on any atom is 0.308 e. The molecule has 25 heavy (non-hydrogen) atoms. The fourth-order valence-corrected chi connectivity index (χ4v) is 3.12. The number of hydrogen-bond acceptors (Lipinski definition) is 4. The van der Waals surface area contributed by atoms with Crippen LogP contribution in [0.5, 0.6) is 11.5 Å². The number of carboxylic acids is 1. The van der Waals surface area contributed by atoms with Crippen LogP contribution in [0.2, 0.25) is 0 Å². The molecular formula is C19H27NO5. The van der Waals surface area contributed by atoms with Gasteiger partial charge in [0.1, 0.15) is 0 Å². The van der Waals surface area contributed by atoms with Gasteiger partial charge in [-0.1, -0.05) is 13.8 Å². The zero-order valence-electron chi connectivity index (χ0n) is 15.2. The van der Waals surface area contributed by atoms with Crippen LogP contribution in [0.15, 0.2) is 18.2 Å². The lowest BCUT2D eigenvalue weighted by atomic mass is 9.90. The molecule has 6 nitrogen and oxygen atoms in total. The van der Waals surface area contributed by atoms with Crippen molar-refractivity contribution in [2.75, 3.05) is 26.3 Å². The van der Waals surface area contributed by atoms with Gasteiger partial charge >= 0.3 is 5.97 Å². The molecule has 6 heteroatoms. The van der Waals surface area contributed by atoms with Gasteiger partial charge in [-0.05, 0) is 43.9 Å². The number of piperidine rings is 1. The van der Waals surface area contributed by atoms with E-state index in [1.165, 1.54) is 0 Å². The lowest BCUT2D eigenvalue weighted by Gasteiger charge is -2.34. The van der Waals surface area contributed by atoms with E-state index >= 15 is 0 Å². The van der Waals surface area contributed by atoms with Gasteiger partial charge in [-0.2, -0.15) is 0 Å². The number of likely N-dealkylation sites (tertiary alicyclic amines) is 1. The number of carbonyl (C=O) groups excluding carboxylic acids is 1. The number of amides is 1. The molecule has 2 atom stereocenters. The molecule has 1 aliphatic rings. The van der Waals surface area contributed by atoms with Gasteiger partial charge in [0, 0.05) is 18.7 Å². The van der Waals surface area contributed by atoms with Crippen LogP contribution in [0.4, 0.5) is 0 Å². The number of carbonyl (C=O) groups is 2. The smallest absolute Gasteiger partial charge is 0.308 e. The normalized spacial score (nSPS) is 20.2. The number of ether oxygens (including phenoxy) is 2. The van der Waals surface area contributed by atoms with Crippen LogP contribution in [0.3, 0.4) is 0 Å². The van der Waals surface area contributed by atoms with Crippen LogP contribution in [-0.4, -0.2) is 48.2 Å². The molecule has 1 aromatic rings. The highest BCUT2D eigenvalue weighted by atomic mass is 16.5. The van der Waals surface area contributed by atoms with Crippen LogP contribution in [-0.2, 0) is 4.79 Å². The van der Waals surface area contributed by atoms with E-state index in [1.807, 2.05) is 20.8 Å². The molecule has 0 radical (unpaired) electrons. The Morgan fingerprint density at radius 1 is 1.20 bits per heavy atom. The first-order chi connectivity index (χ1) is 12.0. The lowest BCUT2D eigenvalue weighted by molar-refractivity contribution is -0.143. The zero-order valence-corrected chi connectivity index (χ0v) is 15.2. The summed E-state index contributed by atoms with van der Waals surface area (Å²) >= 11 is 0. The van der Waals surface area contributed by atoms with Crippen molar-refractivity contribution in [1.29, 1.82) is 0 Å². The molecule has 1 saturated heterocycles. The van der Waals surface area contributed by atoms with E-state index in [-0.39, 0.29) is 18.4 Å². The number of rotatable bonds is 7. The molecule has 1 fully saturated rings. The molecule has 1 aromatic carbocycles. The Morgan fingerprint density at radius 2 is 1.96 bits per heavy atom. The van der Waals surface area contributed by atoms with Crippen molar-refractivity contribution in [2.24, 2.45) is 11.8 Å². The van der Waals surface area contributed by atoms with E-state index in [0.29, 0.717) is 43.2 Å². The Labute approximate surface area is 148 Å². The third-order valence-corrected chi connectivity index (χ3v) is 4.25. The molecule has 2 rings (SSSR count). The first-order valence-electron chi connectivity index (χ1n) is 8.87. The van der Waals surface area contributed by atoms with E-state index in [0.717, 1.165) is 6.42 Å². The van der Waals surface area contributed by atoms with Crippen molar-refractivity contribution >= 4 is 11.9 Å². The van der Waals surface area contributed by atoms with Gasteiger partial charge in [0.05, 0.1) is 19.1 Å². The summed E-state index contributed by atoms with van der Waals surface area (Å²) in [5, 5.41) is 9.28. The summed E-state index contributed by atoms with van der Waals surface area (Å²) in [6.45, 7) is 7.75. The Kier molecular flexibility index (Phi) is 6.67. The second-order valence-corrected chi connectivity index (χ2v) is 6.53. The molecule has 0 aliphatic carbocycles. The van der Waals surface area contributed by atoms with Crippen molar-refractivity contribution in [3.05, 3.63) is 23.8 Å². The molecule has 2 unspecified atom stereocenters. The van der Waals surface area contributed by atoms with Gasteiger partial charge in [0.15, 0.2) is 11.5 Å². The van der Waals surface area contributed by atoms with E-state index in [2.05, 4.69) is 0 Å². The summed E-state index contributed by atoms with van der Waals surface area (Å²) in [5.74, 6) is -0.190. The summed E-state index contributed by atoms with van der Waals surface area (Å²) in [6.07, 6.45) is 1.49. The highest BCUT2D eigenvalue weighted by Gasteiger charge is 2.32. The van der Waals surface area contributed by atoms with Crippen molar-refractivity contribution in [2.45, 2.75) is 33.6 Å². The molecule has 1 N–H and O–H groups in total. The second-order valence-electron chi connectivity index (χ2n) is 6.53. The predicted octanol–water partition coefficient (Wildman–Crippen LogP) is 3.06. The Bertz CT molecular complexity index is 616. The minimum absolute atomic E-state index is 0.164. The van der Waals surface area contributed by atoms with E-state index in [9.17, 15) is 14.7 Å². The minimum atomic E-state index is -0.845. The van der Waals surface area contributed by atoms with Crippen molar-refractivity contribution < 1.29 is 24.2 Å². The summed E-state index contributed by atoms with van der Waals surface area (Å²) in [5.41, 5.74) is 0.491. The molecule has 1 heterocycles. The topological polar surface area (TPSA) is 76.1 Å². The molecule has 138 valence electrons. The molecule has 0 saturated carbocycles. The van der Waals surface area contributed by atoms with Gasteiger partial charge in [-0.25, -0.2) is 0 Å². The summed E-state index contributed by atoms with van der Waals surface area (Å²) in [6, 6.07) is 5.15. The largest absolute Gasteiger partial charge is 0.490 e. The van der Waals surface area contributed by atoms with Gasteiger partial charge in [0.25, 0.3) is 5.91 Å². The Morgan fingerprint density at radius 3 is 2.60 bits per heavy atom. The molecule has 0 aromatic heterocycles. The third-order valence-electron chi connectivity index (χ3n) is 4.25. The maximum absolute atomic E-state index is 12.8. The van der Waals surface area contributed by atoms with E-state index < -0.39 is 11.9 Å². The molecule has 1 aliphatic heterocycles. The van der Waals surface area contributed by atoms with Crippen molar-refractivity contribution in [3.63, 3.8) is 0 Å². The molecule has 0 spiro atoms. The lowest BCUT2D eigenvalue weighted by Crippen LogP contribution is -2.45. The monoisotopic (exact) mass is 349 g/mol. The van der Waals surface area contributed by atoms with Gasteiger partial charge in [-0.3, -0.25) is 9.59 Å². The first kappa shape index (κ1) is 19.1. The quantitative estimate of drug-likeness (QED) is 0.819. The van der Waals surface area contributed by atoms with Crippen LogP contribution >= 0.6 is 0 Å². The number of nitrogens with zero attached hydrogens (tertiary/aromatic N) is 1. The second kappa shape index (κ2) is 8.74. The van der Waals surface area contributed by atoms with Crippen molar-refractivity contribution in [3.8, 4) is 11.5 Å². The average Bonchev–Trinajstić information content (AvgIpc) is 2.59. The Hall–Kier alpha value is -2.24. The van der Waals surface area contributed by atoms with Gasteiger partial charge in [-0.15, -0.1) is 0 Å². The summed E-state index contributed by atoms with van der Waals surface area (Å²) in [7, 11) is 0. The average molecular weight is 349 g/mol. The predicted molar refractivity (Wildman–Crippen MR) is 94.2 cm³/mol. The van der Waals surface area contributed by atoms with Crippen LogP contribution in [0.1, 0.15) is 44.0 Å². The van der Waals surface area contributed by atoms with Crippen LogP contribution in [0, 0.1) is 11.8 Å². The highest BCUT2D eigenvalue weighted by molar-refractivity contribution is 5.95. The molecule has 1 amide bonds. The number of hydrogen-bond donors (Lipinski definition) is 1. The first-order valence-corrected chi connectivity index (χ1v) is 8.87. The van der Waals surface area contributed by atoms with E-state index in [1.54, 1.807) is 23.1 Å². The standard InChI is InChI=1S/C19H27NO5/c1-4-8-25-16-7-6-14(10-17(16)24-5-2)18(21)20-11-13(3)9-15(12-20)19(22)23/h6-7,10,13,15H,4-5,8-9,11-12H2,1-3H3,(H,22,23). The number of aliphatic carboxylic acids is 1. The summed E-state index contributed by atoms with van der Waals surface area (Å²) < 4.78 is 11.3. The van der Waals surface area contributed by atoms with Crippen LogP contribution in [0.25, 0.3) is 0 Å². The zero-order chi connectivity index (χ0) is 18.4. The summed E-state index contributed by atoms with van der Waals surface area (Å²) in [4.78, 5) is 25.8. The van der Waals surface area contributed by atoms with Gasteiger partial charge in [0.2, 0.25) is 0 Å². The Balaban J connectivity index is 2.20. The van der Waals surface area contributed by atoms with Crippen molar-refractivity contribution in [1.82, 2.24) is 4.90 Å². The maximum atomic E-state index is 12.8. The highest BCUT2D eigenvalue weighted by Crippen LogP contribution is 2.30. The fourth-order valence-electron chi connectivity index (χ4n) is 3.12. The van der Waals surface area contributed by atoms with Crippen LogP contribution < -0.4 is 9.47 Å². The number of benzene rings is 1. The minimum Gasteiger partial charge on any atom is -0.490 e. The fraction of sp³-hybridized carbons (Fsp3) is 0.579. The van der Waals surface area contributed by atoms with Gasteiger partial charge < -0.3 is 19.5 Å². The van der Waals surface area contributed by atoms with E-state index in [4.69, 9.17) is 9.47 Å². The molecule has 0 bridgehead atoms. The number of carboxylic acid groups (broad SMARTS) is 1. The SMILES string of the molecule is CCCOc1ccc(C(=O)N2CC(C)CC(C(=O)O)C2)cc1OCC. The molecular weight excluding hydrogens is 322 g/mol. The third kappa shape index (κ3) is 4.87.